The van der Waals surface area contributed by atoms with Crippen LogP contribution in [0.25, 0.3) is 16.7 Å². The maximum Gasteiger partial charge on any atom is 0.279 e. The van der Waals surface area contributed by atoms with Crippen molar-refractivity contribution in [3.05, 3.63) is 34.1 Å². The van der Waals surface area contributed by atoms with Crippen LogP contribution in [-0.2, 0) is 0 Å². The van der Waals surface area contributed by atoms with Crippen molar-refractivity contribution >= 4 is 16.7 Å². The van der Waals surface area contributed by atoms with E-state index in [-0.39, 0.29) is 5.56 Å². The summed E-state index contributed by atoms with van der Waals surface area (Å²) in [4.78, 5) is 20.4. The van der Waals surface area contributed by atoms with Crippen LogP contribution in [0, 0.1) is 13.8 Å². The Bertz CT molecular complexity index is 800. The predicted molar refractivity (Wildman–Crippen MR) is 62.2 cm³/mol. The molecule has 3 rings (SSSR count). The highest BCUT2D eigenvalue weighted by Gasteiger charge is 2.12. The van der Waals surface area contributed by atoms with E-state index in [1.165, 1.54) is 6.20 Å². The molecule has 0 unspecified atom stereocenters. The van der Waals surface area contributed by atoms with Gasteiger partial charge in [0.05, 0.1) is 16.6 Å². The fraction of sp³-hybridized carbons (Fsp3) is 0.200. The minimum Gasteiger partial charge on any atom is -0.336 e. The summed E-state index contributed by atoms with van der Waals surface area (Å²) in [6, 6.07) is 1.73. The molecule has 0 atom stereocenters. The van der Waals surface area contributed by atoms with E-state index in [2.05, 4.69) is 15.1 Å². The van der Waals surface area contributed by atoms with Gasteiger partial charge in [0.15, 0.2) is 0 Å². The van der Waals surface area contributed by atoms with Crippen LogP contribution < -0.4 is 11.4 Å². The molecule has 3 heterocycles. The molecule has 0 aromatic carbocycles. The molecule has 2 N–H and O–H groups in total. The van der Waals surface area contributed by atoms with Gasteiger partial charge in [0.1, 0.15) is 5.82 Å². The number of hydrogen-bond acceptors (Lipinski definition) is 5. The molecule has 0 radical (unpaired) electrons. The van der Waals surface area contributed by atoms with Gasteiger partial charge in [0.2, 0.25) is 0 Å². The number of hydrogen-bond donors (Lipinski definition) is 1. The molecule has 7 heteroatoms. The van der Waals surface area contributed by atoms with E-state index in [1.807, 2.05) is 0 Å². The lowest BCUT2D eigenvalue weighted by molar-refractivity contribution is 0.916. The lowest BCUT2D eigenvalue weighted by Gasteiger charge is -2.04. The molecule has 0 aliphatic carbocycles. The fourth-order valence-corrected chi connectivity index (χ4v) is 1.90. The van der Waals surface area contributed by atoms with Crippen LogP contribution >= 0.6 is 0 Å². The van der Waals surface area contributed by atoms with Gasteiger partial charge < -0.3 is 5.84 Å². The van der Waals surface area contributed by atoms with Crippen molar-refractivity contribution in [1.82, 2.24) is 24.3 Å². The van der Waals surface area contributed by atoms with Crippen molar-refractivity contribution in [1.29, 1.82) is 0 Å². The Hall–Kier alpha value is -2.44. The van der Waals surface area contributed by atoms with Crippen molar-refractivity contribution in [2.45, 2.75) is 13.8 Å². The topological polar surface area (TPSA) is 91.1 Å². The monoisotopic (exact) mass is 230 g/mol. The molecule has 17 heavy (non-hydrogen) atoms. The lowest BCUT2D eigenvalue weighted by atomic mass is 10.2. The predicted octanol–water partition coefficient (Wildman–Crippen LogP) is -0.230. The van der Waals surface area contributed by atoms with E-state index in [4.69, 9.17) is 5.84 Å². The standard InChI is InChI=1S/C10H10N6O/c1-5-8-7(3-4-15(11)9(8)17)16-10(12-5)13-6(2)14-16/h3-4H,11H2,1-2H3. The van der Waals surface area contributed by atoms with Gasteiger partial charge in [0, 0.05) is 6.20 Å². The quantitative estimate of drug-likeness (QED) is 0.538. The maximum atomic E-state index is 11.9. The van der Waals surface area contributed by atoms with Gasteiger partial charge in [-0.1, -0.05) is 0 Å². The van der Waals surface area contributed by atoms with Crippen LogP contribution in [0.15, 0.2) is 17.1 Å². The molecular weight excluding hydrogens is 220 g/mol. The number of pyridine rings is 1. The highest BCUT2D eigenvalue weighted by Crippen LogP contribution is 2.13. The molecule has 7 nitrogen and oxygen atoms in total. The van der Waals surface area contributed by atoms with Crippen molar-refractivity contribution in [3.63, 3.8) is 0 Å². The Balaban J connectivity index is 2.67. The Labute approximate surface area is 95.5 Å². The van der Waals surface area contributed by atoms with E-state index >= 15 is 0 Å². The summed E-state index contributed by atoms with van der Waals surface area (Å²) in [5, 5.41) is 4.67. The number of fused-ring (bicyclic) bond motifs is 3. The number of nitrogens with zero attached hydrogens (tertiary/aromatic N) is 5. The Morgan fingerprint density at radius 2 is 2.06 bits per heavy atom. The summed E-state index contributed by atoms with van der Waals surface area (Å²) >= 11 is 0. The number of nitrogens with two attached hydrogens (primary N) is 1. The van der Waals surface area contributed by atoms with Crippen molar-refractivity contribution in [2.75, 3.05) is 5.84 Å². The third-order valence-corrected chi connectivity index (χ3v) is 2.65. The average Bonchev–Trinajstić information content (AvgIpc) is 2.63. The first-order valence-corrected chi connectivity index (χ1v) is 5.08. The van der Waals surface area contributed by atoms with Gasteiger partial charge in [0.25, 0.3) is 11.3 Å². The summed E-state index contributed by atoms with van der Waals surface area (Å²) in [6.07, 6.45) is 1.50. The van der Waals surface area contributed by atoms with Crippen LogP contribution in [-0.4, -0.2) is 24.3 Å². The zero-order valence-corrected chi connectivity index (χ0v) is 9.38. The minimum atomic E-state index is -0.289. The summed E-state index contributed by atoms with van der Waals surface area (Å²) in [7, 11) is 0. The SMILES string of the molecule is Cc1nc2nc(C)c3c(=O)n(N)ccc3n2n1. The second-order valence-corrected chi connectivity index (χ2v) is 3.86. The van der Waals surface area contributed by atoms with Gasteiger partial charge >= 0.3 is 0 Å². The summed E-state index contributed by atoms with van der Waals surface area (Å²) < 4.78 is 2.59. The van der Waals surface area contributed by atoms with E-state index < -0.39 is 0 Å². The van der Waals surface area contributed by atoms with Crippen molar-refractivity contribution < 1.29 is 0 Å². The van der Waals surface area contributed by atoms with E-state index in [0.717, 1.165) is 4.68 Å². The molecule has 0 spiro atoms. The highest BCUT2D eigenvalue weighted by atomic mass is 16.1. The molecule has 0 saturated carbocycles. The summed E-state index contributed by atoms with van der Waals surface area (Å²) in [5.41, 5.74) is 0.979. The maximum absolute atomic E-state index is 11.9. The smallest absolute Gasteiger partial charge is 0.279 e. The number of nitrogen functional groups attached to an aromatic ring is 1. The first kappa shape index (κ1) is 9.76. The van der Waals surface area contributed by atoms with E-state index in [0.29, 0.717) is 28.2 Å². The van der Waals surface area contributed by atoms with E-state index in [9.17, 15) is 4.79 Å². The summed E-state index contributed by atoms with van der Waals surface area (Å²) in [5.74, 6) is 6.64. The molecule has 0 amide bonds. The summed E-state index contributed by atoms with van der Waals surface area (Å²) in [6.45, 7) is 3.54. The molecule has 0 aliphatic heterocycles. The first-order chi connectivity index (χ1) is 8.08. The van der Waals surface area contributed by atoms with Crippen LogP contribution in [0.3, 0.4) is 0 Å². The molecule has 3 aromatic rings. The van der Waals surface area contributed by atoms with Crippen LogP contribution in [0.1, 0.15) is 11.5 Å². The van der Waals surface area contributed by atoms with E-state index in [1.54, 1.807) is 24.4 Å². The Morgan fingerprint density at radius 1 is 1.29 bits per heavy atom. The second kappa shape index (κ2) is 3.03. The molecule has 0 saturated heterocycles. The normalized spacial score (nSPS) is 11.4. The molecule has 0 fully saturated rings. The number of aryl methyl sites for hydroxylation is 2. The largest absolute Gasteiger partial charge is 0.336 e. The van der Waals surface area contributed by atoms with Crippen LogP contribution in [0.2, 0.25) is 0 Å². The highest BCUT2D eigenvalue weighted by molar-refractivity contribution is 5.81. The number of aromatic nitrogens is 5. The van der Waals surface area contributed by atoms with Gasteiger partial charge in [-0.05, 0) is 19.9 Å². The van der Waals surface area contributed by atoms with Crippen LogP contribution in [0.5, 0.6) is 0 Å². The molecule has 0 bridgehead atoms. The van der Waals surface area contributed by atoms with Gasteiger partial charge in [-0.25, -0.2) is 9.66 Å². The Morgan fingerprint density at radius 3 is 2.82 bits per heavy atom. The average molecular weight is 230 g/mol. The molecule has 3 aromatic heterocycles. The third-order valence-electron chi connectivity index (χ3n) is 2.65. The second-order valence-electron chi connectivity index (χ2n) is 3.86. The van der Waals surface area contributed by atoms with Crippen molar-refractivity contribution in [3.8, 4) is 0 Å². The van der Waals surface area contributed by atoms with Gasteiger partial charge in [-0.2, -0.15) is 9.50 Å². The van der Waals surface area contributed by atoms with Crippen LogP contribution in [0.4, 0.5) is 0 Å². The van der Waals surface area contributed by atoms with Crippen molar-refractivity contribution in [2.24, 2.45) is 0 Å². The lowest BCUT2D eigenvalue weighted by Crippen LogP contribution is -2.27. The molecule has 0 aliphatic rings. The number of rotatable bonds is 0. The zero-order valence-electron chi connectivity index (χ0n) is 9.38. The minimum absolute atomic E-state index is 0.289. The third kappa shape index (κ3) is 1.22. The fourth-order valence-electron chi connectivity index (χ4n) is 1.90. The first-order valence-electron chi connectivity index (χ1n) is 5.08. The zero-order chi connectivity index (χ0) is 12.2. The molecular formula is C10H10N6O. The van der Waals surface area contributed by atoms with Gasteiger partial charge in [-0.3, -0.25) is 4.79 Å². The molecule has 86 valence electrons. The Kier molecular flexibility index (Phi) is 1.74. The van der Waals surface area contributed by atoms with Gasteiger partial charge in [-0.15, -0.1) is 5.10 Å².